The largest absolute Gasteiger partial charge is 0.477 e. The summed E-state index contributed by atoms with van der Waals surface area (Å²) in [7, 11) is 0. The summed E-state index contributed by atoms with van der Waals surface area (Å²) in [4.78, 5) is 14.9. The van der Waals surface area contributed by atoms with E-state index in [1.807, 2.05) is 0 Å². The van der Waals surface area contributed by atoms with Crippen molar-refractivity contribution in [3.05, 3.63) is 10.9 Å². The summed E-state index contributed by atoms with van der Waals surface area (Å²) in [6, 6.07) is 1.54. The molecule has 68 valence electrons. The van der Waals surface area contributed by atoms with Crippen LogP contribution in [0.25, 0.3) is 0 Å². The van der Waals surface area contributed by atoms with Gasteiger partial charge >= 0.3 is 5.97 Å². The van der Waals surface area contributed by atoms with E-state index in [0.717, 1.165) is 11.3 Å². The normalized spacial score (nSPS) is 19.3. The Balaban J connectivity index is 2.41. The predicted molar refractivity (Wildman–Crippen MR) is 52.7 cm³/mol. The molecule has 0 aromatic carbocycles. The molecule has 1 atom stereocenters. The summed E-state index contributed by atoms with van der Waals surface area (Å²) in [6.07, 6.45) is 1.53. The summed E-state index contributed by atoms with van der Waals surface area (Å²) in [5, 5.41) is 12.3. The van der Waals surface area contributed by atoms with Gasteiger partial charge in [0.05, 0.1) is 5.69 Å². The molecular formula is C7H5ClN2O2S. The number of aliphatic imine (C=N–C) groups is 1. The van der Waals surface area contributed by atoms with Gasteiger partial charge in [-0.1, -0.05) is 11.6 Å². The van der Waals surface area contributed by atoms with E-state index in [9.17, 15) is 4.79 Å². The van der Waals surface area contributed by atoms with Crippen LogP contribution in [0.1, 0.15) is 9.67 Å². The predicted octanol–water partition coefficient (Wildman–Crippen LogP) is 2.14. The van der Waals surface area contributed by atoms with Crippen molar-refractivity contribution >= 4 is 45.8 Å². The van der Waals surface area contributed by atoms with Crippen LogP contribution in [0.2, 0.25) is 0 Å². The highest BCUT2D eigenvalue weighted by Gasteiger charge is 2.17. The van der Waals surface area contributed by atoms with Gasteiger partial charge in [0, 0.05) is 6.21 Å². The molecule has 6 heteroatoms. The minimum atomic E-state index is -0.942. The number of hydrogen-bond donors (Lipinski definition) is 2. The Morgan fingerprint density at radius 2 is 2.54 bits per heavy atom. The quantitative estimate of drug-likeness (QED) is 0.559. The van der Waals surface area contributed by atoms with Gasteiger partial charge in [-0.25, -0.2) is 9.79 Å². The Bertz CT molecular complexity index is 388. The fourth-order valence-electron chi connectivity index (χ4n) is 1.01. The van der Waals surface area contributed by atoms with Gasteiger partial charge in [0.2, 0.25) is 0 Å². The Kier molecular flexibility index (Phi) is 1.97. The first-order valence-corrected chi connectivity index (χ1v) is 4.74. The van der Waals surface area contributed by atoms with Crippen molar-refractivity contribution < 1.29 is 9.90 Å². The maximum Gasteiger partial charge on any atom is 0.346 e. The summed E-state index contributed by atoms with van der Waals surface area (Å²) in [5.41, 5.74) is 0.327. The number of nitrogens with one attached hydrogen (secondary N) is 1. The molecule has 2 N–H and O–H groups in total. The number of carbonyl (C=O) groups is 1. The molecule has 1 aromatic rings. The number of hydrogen-bond acceptors (Lipinski definition) is 4. The molecule has 0 radical (unpaired) electrons. The zero-order chi connectivity index (χ0) is 9.42. The van der Waals surface area contributed by atoms with Crippen LogP contribution in [0.5, 0.6) is 0 Å². The van der Waals surface area contributed by atoms with Gasteiger partial charge in [-0.05, 0) is 6.07 Å². The standard InChI is InChI=1S/C7H5ClN2O2S/c8-5-2-9-6-3(10-5)1-4(13-6)7(11)12/h1-2,5,10H,(H,11,12). The lowest BCUT2D eigenvalue weighted by atomic mass is 10.4. The van der Waals surface area contributed by atoms with Crippen molar-refractivity contribution in [3.8, 4) is 0 Å². The Morgan fingerprint density at radius 1 is 1.77 bits per heavy atom. The van der Waals surface area contributed by atoms with Crippen molar-refractivity contribution in [2.24, 2.45) is 4.99 Å². The minimum absolute atomic E-state index is 0.264. The van der Waals surface area contributed by atoms with Crippen LogP contribution in [0.15, 0.2) is 11.1 Å². The Hall–Kier alpha value is -1.07. The number of carboxylic acids is 1. The zero-order valence-corrected chi connectivity index (χ0v) is 7.89. The first kappa shape index (κ1) is 8.52. The van der Waals surface area contributed by atoms with Crippen molar-refractivity contribution in [2.45, 2.75) is 5.50 Å². The molecule has 0 bridgehead atoms. The lowest BCUT2D eigenvalue weighted by Crippen LogP contribution is -2.15. The summed E-state index contributed by atoms with van der Waals surface area (Å²) < 4.78 is 0. The fourth-order valence-corrected chi connectivity index (χ4v) is 1.99. The lowest BCUT2D eigenvalue weighted by molar-refractivity contribution is 0.0702. The number of carboxylic acid groups (broad SMARTS) is 1. The van der Waals surface area contributed by atoms with Crippen LogP contribution in [-0.2, 0) is 0 Å². The van der Waals surface area contributed by atoms with Crippen LogP contribution in [-0.4, -0.2) is 22.8 Å². The Labute approximate surface area is 82.9 Å². The van der Waals surface area contributed by atoms with Crippen molar-refractivity contribution in [1.82, 2.24) is 0 Å². The number of fused-ring (bicyclic) bond motifs is 1. The number of rotatable bonds is 1. The average Bonchev–Trinajstić information content (AvgIpc) is 2.46. The second-order valence-electron chi connectivity index (χ2n) is 2.46. The third kappa shape index (κ3) is 1.52. The number of anilines is 1. The molecule has 4 nitrogen and oxygen atoms in total. The molecule has 2 rings (SSSR count). The molecule has 1 aliphatic heterocycles. The van der Waals surface area contributed by atoms with Gasteiger partial charge in [-0.2, -0.15) is 0 Å². The van der Waals surface area contributed by atoms with Crippen molar-refractivity contribution in [3.63, 3.8) is 0 Å². The monoisotopic (exact) mass is 216 g/mol. The van der Waals surface area contributed by atoms with E-state index < -0.39 is 5.97 Å². The molecule has 0 spiro atoms. The van der Waals surface area contributed by atoms with E-state index in [-0.39, 0.29) is 10.4 Å². The molecule has 1 aliphatic rings. The number of halogens is 1. The van der Waals surface area contributed by atoms with Crippen LogP contribution in [0.3, 0.4) is 0 Å². The maximum atomic E-state index is 10.6. The van der Waals surface area contributed by atoms with Crippen LogP contribution in [0.4, 0.5) is 10.7 Å². The van der Waals surface area contributed by atoms with Gasteiger partial charge in [0.1, 0.15) is 15.4 Å². The second-order valence-corrected chi connectivity index (χ2v) is 3.96. The minimum Gasteiger partial charge on any atom is -0.477 e. The maximum absolute atomic E-state index is 10.6. The van der Waals surface area contributed by atoms with Gasteiger partial charge in [0.15, 0.2) is 0 Å². The first-order valence-electron chi connectivity index (χ1n) is 3.49. The molecule has 1 aromatic heterocycles. The van der Waals surface area contributed by atoms with E-state index in [1.165, 1.54) is 12.3 Å². The van der Waals surface area contributed by atoms with Crippen LogP contribution < -0.4 is 5.32 Å². The highest BCUT2D eigenvalue weighted by atomic mass is 35.5. The smallest absolute Gasteiger partial charge is 0.346 e. The average molecular weight is 217 g/mol. The van der Waals surface area contributed by atoms with E-state index in [0.29, 0.717) is 10.7 Å². The molecule has 0 aliphatic carbocycles. The third-order valence-corrected chi connectivity index (χ3v) is 2.79. The van der Waals surface area contributed by atoms with E-state index in [1.54, 1.807) is 0 Å². The highest BCUT2D eigenvalue weighted by Crippen LogP contribution is 2.37. The second kappa shape index (κ2) is 3.01. The van der Waals surface area contributed by atoms with Gasteiger partial charge < -0.3 is 10.4 Å². The molecule has 0 amide bonds. The molecule has 13 heavy (non-hydrogen) atoms. The molecule has 0 saturated carbocycles. The molecule has 1 unspecified atom stereocenters. The summed E-state index contributed by atoms with van der Waals surface area (Å²) >= 11 is 6.86. The summed E-state index contributed by atoms with van der Waals surface area (Å²) in [6.45, 7) is 0. The van der Waals surface area contributed by atoms with E-state index in [4.69, 9.17) is 16.7 Å². The highest BCUT2D eigenvalue weighted by molar-refractivity contribution is 7.18. The van der Waals surface area contributed by atoms with Crippen molar-refractivity contribution in [1.29, 1.82) is 0 Å². The fraction of sp³-hybridized carbons (Fsp3) is 0.143. The molecular weight excluding hydrogens is 212 g/mol. The number of nitrogens with zero attached hydrogens (tertiary/aromatic N) is 1. The van der Waals surface area contributed by atoms with E-state index >= 15 is 0 Å². The van der Waals surface area contributed by atoms with Gasteiger partial charge in [-0.3, -0.25) is 0 Å². The van der Waals surface area contributed by atoms with Gasteiger partial charge in [0.25, 0.3) is 0 Å². The van der Waals surface area contributed by atoms with Crippen LogP contribution in [0, 0.1) is 0 Å². The molecule has 2 heterocycles. The zero-order valence-electron chi connectivity index (χ0n) is 6.32. The third-order valence-electron chi connectivity index (χ3n) is 1.54. The lowest BCUT2D eigenvalue weighted by Gasteiger charge is -2.11. The van der Waals surface area contributed by atoms with Crippen LogP contribution >= 0.6 is 22.9 Å². The number of aromatic carboxylic acids is 1. The topological polar surface area (TPSA) is 61.7 Å². The SMILES string of the molecule is O=C(O)c1cc2c(s1)N=CC(Cl)N2. The van der Waals surface area contributed by atoms with Crippen molar-refractivity contribution in [2.75, 3.05) is 5.32 Å². The summed E-state index contributed by atoms with van der Waals surface area (Å²) in [5.74, 6) is -0.942. The first-order chi connectivity index (χ1) is 6.16. The Morgan fingerprint density at radius 3 is 3.23 bits per heavy atom. The van der Waals surface area contributed by atoms with E-state index in [2.05, 4.69) is 10.3 Å². The van der Waals surface area contributed by atoms with Gasteiger partial charge in [-0.15, -0.1) is 11.3 Å². The number of alkyl halides is 1. The number of thiophene rings is 1. The molecule has 0 fully saturated rings. The molecule has 0 saturated heterocycles.